The Morgan fingerprint density at radius 2 is 1.97 bits per heavy atom. The summed E-state index contributed by atoms with van der Waals surface area (Å²) in [5, 5.41) is 15.0. The summed E-state index contributed by atoms with van der Waals surface area (Å²) in [6, 6.07) is 5.87. The molecule has 0 radical (unpaired) electrons. The van der Waals surface area contributed by atoms with Crippen molar-refractivity contribution in [2.24, 2.45) is 0 Å². The van der Waals surface area contributed by atoms with E-state index in [0.29, 0.717) is 38.0 Å². The smallest absolute Gasteiger partial charge is 0.410 e. The van der Waals surface area contributed by atoms with Gasteiger partial charge in [-0.1, -0.05) is 6.07 Å². The van der Waals surface area contributed by atoms with Gasteiger partial charge in [0.15, 0.2) is 0 Å². The average Bonchev–Trinajstić information content (AvgIpc) is 3.16. The number of carbonyl (C=O) groups is 1. The van der Waals surface area contributed by atoms with E-state index in [4.69, 9.17) is 14.7 Å². The maximum atomic E-state index is 12.2. The van der Waals surface area contributed by atoms with Gasteiger partial charge < -0.3 is 29.8 Å². The minimum atomic E-state index is -0.507. The van der Waals surface area contributed by atoms with Crippen LogP contribution in [0.1, 0.15) is 40.2 Å². The molecular formula is C21H30N6O3. The zero-order valence-electron chi connectivity index (χ0n) is 18.2. The number of nitrogens with zero attached hydrogens (tertiary/aromatic N) is 4. The first-order chi connectivity index (χ1) is 14.2. The summed E-state index contributed by atoms with van der Waals surface area (Å²) in [6.45, 7) is 11.9. The fourth-order valence-corrected chi connectivity index (χ4v) is 3.13. The Balaban J connectivity index is 1.67. The lowest BCUT2D eigenvalue weighted by Gasteiger charge is -2.34. The second-order valence-corrected chi connectivity index (χ2v) is 8.60. The number of benzene rings is 1. The van der Waals surface area contributed by atoms with Crippen molar-refractivity contribution in [2.45, 2.75) is 46.3 Å². The van der Waals surface area contributed by atoms with Crippen molar-refractivity contribution >= 4 is 23.9 Å². The monoisotopic (exact) mass is 414 g/mol. The van der Waals surface area contributed by atoms with E-state index in [2.05, 4.69) is 15.5 Å². The van der Waals surface area contributed by atoms with Gasteiger partial charge in [0.1, 0.15) is 5.60 Å². The van der Waals surface area contributed by atoms with Gasteiger partial charge in [-0.2, -0.15) is 4.98 Å². The summed E-state index contributed by atoms with van der Waals surface area (Å²) in [5.74, 6) is 0.922. The Bertz CT molecular complexity index is 894. The number of carbonyl (C=O) groups excluding carboxylic acids is 1. The van der Waals surface area contributed by atoms with Crippen LogP contribution in [0.3, 0.4) is 0 Å². The van der Waals surface area contributed by atoms with E-state index in [0.717, 1.165) is 16.8 Å². The summed E-state index contributed by atoms with van der Waals surface area (Å²) in [5.41, 5.74) is 1.93. The molecule has 2 heterocycles. The molecule has 1 aliphatic rings. The summed E-state index contributed by atoms with van der Waals surface area (Å²) < 4.78 is 10.9. The molecule has 1 fully saturated rings. The number of aromatic nitrogens is 2. The fraction of sp³-hybridized carbons (Fsp3) is 0.524. The quantitative estimate of drug-likeness (QED) is 0.720. The van der Waals surface area contributed by atoms with Gasteiger partial charge >= 0.3 is 6.09 Å². The third-order valence-corrected chi connectivity index (χ3v) is 4.53. The predicted octanol–water partition coefficient (Wildman–Crippen LogP) is 3.61. The maximum absolute atomic E-state index is 12.2. The van der Waals surface area contributed by atoms with Crippen LogP contribution in [0.5, 0.6) is 0 Å². The van der Waals surface area contributed by atoms with Crippen LogP contribution < -0.4 is 10.2 Å². The summed E-state index contributed by atoms with van der Waals surface area (Å²) in [4.78, 5) is 20.4. The van der Waals surface area contributed by atoms with Gasteiger partial charge in [0, 0.05) is 55.2 Å². The van der Waals surface area contributed by atoms with Crippen molar-refractivity contribution in [1.29, 1.82) is 5.41 Å². The van der Waals surface area contributed by atoms with Crippen LogP contribution in [0, 0.1) is 5.41 Å². The number of nitrogens with one attached hydrogen (secondary N) is 2. The van der Waals surface area contributed by atoms with Gasteiger partial charge in [0.05, 0.1) is 0 Å². The van der Waals surface area contributed by atoms with Crippen molar-refractivity contribution in [1.82, 2.24) is 15.0 Å². The van der Waals surface area contributed by atoms with Gasteiger partial charge in [-0.05, 0) is 51.9 Å². The first-order valence-corrected chi connectivity index (χ1v) is 10.1. The third-order valence-electron chi connectivity index (χ3n) is 4.53. The molecule has 1 amide bonds. The van der Waals surface area contributed by atoms with E-state index in [-0.39, 0.29) is 12.1 Å². The summed E-state index contributed by atoms with van der Waals surface area (Å²) in [7, 11) is 0. The molecule has 0 aliphatic carbocycles. The van der Waals surface area contributed by atoms with Crippen LogP contribution in [-0.2, 0) is 4.74 Å². The Hall–Kier alpha value is -3.10. The Labute approximate surface area is 176 Å². The fourth-order valence-electron chi connectivity index (χ4n) is 3.13. The van der Waals surface area contributed by atoms with Crippen molar-refractivity contribution in [3.63, 3.8) is 0 Å². The molecule has 1 aromatic heterocycles. The highest BCUT2D eigenvalue weighted by Gasteiger charge is 2.27. The van der Waals surface area contributed by atoms with Crippen molar-refractivity contribution in [3.05, 3.63) is 23.8 Å². The molecule has 0 atom stereocenters. The van der Waals surface area contributed by atoms with E-state index >= 15 is 0 Å². The van der Waals surface area contributed by atoms with Gasteiger partial charge in [0.2, 0.25) is 0 Å². The molecule has 9 nitrogen and oxygen atoms in total. The summed E-state index contributed by atoms with van der Waals surface area (Å²) in [6.07, 6.45) is 1.02. The lowest BCUT2D eigenvalue weighted by atomic mass is 10.1. The standard InChI is InChI=1S/C21H30N6O3/c1-14(2)23-17-12-15(6-7-16(17)13-22)18-24-19(25-30-18)26-8-10-27(11-9-26)20(28)29-21(3,4)5/h6-7,12-14,22-23H,8-11H2,1-5H3. The molecule has 162 valence electrons. The number of piperazine rings is 1. The molecule has 0 saturated carbocycles. The SMILES string of the molecule is CC(C)Nc1cc(-c2nc(N3CCN(C(=O)OC(C)(C)C)CC3)no2)ccc1C=N. The Morgan fingerprint density at radius 3 is 2.57 bits per heavy atom. The van der Waals surface area contributed by atoms with E-state index in [1.54, 1.807) is 4.90 Å². The molecule has 0 bridgehead atoms. The van der Waals surface area contributed by atoms with E-state index in [9.17, 15) is 4.79 Å². The van der Waals surface area contributed by atoms with Gasteiger partial charge in [0.25, 0.3) is 11.8 Å². The first kappa shape index (κ1) is 21.6. The van der Waals surface area contributed by atoms with E-state index < -0.39 is 5.60 Å². The Morgan fingerprint density at radius 1 is 1.27 bits per heavy atom. The van der Waals surface area contributed by atoms with Crippen LogP contribution in [0.2, 0.25) is 0 Å². The number of amides is 1. The number of anilines is 2. The van der Waals surface area contributed by atoms with Crippen molar-refractivity contribution < 1.29 is 14.1 Å². The molecule has 0 spiro atoms. The van der Waals surface area contributed by atoms with Crippen LogP contribution in [0.15, 0.2) is 22.7 Å². The highest BCUT2D eigenvalue weighted by Crippen LogP contribution is 2.26. The lowest BCUT2D eigenvalue weighted by molar-refractivity contribution is 0.0240. The predicted molar refractivity (Wildman–Crippen MR) is 116 cm³/mol. The molecule has 30 heavy (non-hydrogen) atoms. The largest absolute Gasteiger partial charge is 0.444 e. The molecule has 2 aromatic rings. The van der Waals surface area contributed by atoms with Gasteiger partial charge in [-0.25, -0.2) is 4.79 Å². The molecule has 1 aliphatic heterocycles. The van der Waals surface area contributed by atoms with Crippen LogP contribution in [0.25, 0.3) is 11.5 Å². The topological polar surface area (TPSA) is 108 Å². The second kappa shape index (κ2) is 8.73. The zero-order valence-corrected chi connectivity index (χ0v) is 18.2. The maximum Gasteiger partial charge on any atom is 0.410 e. The van der Waals surface area contributed by atoms with Crippen molar-refractivity contribution in [2.75, 3.05) is 36.4 Å². The Kier molecular flexibility index (Phi) is 6.28. The minimum Gasteiger partial charge on any atom is -0.444 e. The molecule has 2 N–H and O–H groups in total. The third kappa shape index (κ3) is 5.28. The highest BCUT2D eigenvalue weighted by molar-refractivity contribution is 5.87. The van der Waals surface area contributed by atoms with Crippen LogP contribution in [-0.4, -0.2) is 65.2 Å². The molecule has 9 heteroatoms. The lowest BCUT2D eigenvalue weighted by Crippen LogP contribution is -2.50. The molecular weight excluding hydrogens is 384 g/mol. The number of ether oxygens (including phenoxy) is 1. The van der Waals surface area contributed by atoms with Crippen LogP contribution in [0.4, 0.5) is 16.4 Å². The van der Waals surface area contributed by atoms with E-state index in [1.165, 1.54) is 6.21 Å². The zero-order chi connectivity index (χ0) is 21.9. The highest BCUT2D eigenvalue weighted by atomic mass is 16.6. The summed E-state index contributed by atoms with van der Waals surface area (Å²) >= 11 is 0. The molecule has 1 aromatic carbocycles. The first-order valence-electron chi connectivity index (χ1n) is 10.1. The van der Waals surface area contributed by atoms with E-state index in [1.807, 2.05) is 57.7 Å². The second-order valence-electron chi connectivity index (χ2n) is 8.60. The number of hydrogen-bond acceptors (Lipinski definition) is 8. The minimum absolute atomic E-state index is 0.235. The molecule has 0 unspecified atom stereocenters. The van der Waals surface area contributed by atoms with Gasteiger partial charge in [-0.3, -0.25) is 0 Å². The van der Waals surface area contributed by atoms with Crippen LogP contribution >= 0.6 is 0 Å². The molecule has 3 rings (SSSR count). The average molecular weight is 415 g/mol. The normalized spacial score (nSPS) is 14.7. The number of hydrogen-bond donors (Lipinski definition) is 2. The van der Waals surface area contributed by atoms with Gasteiger partial charge in [-0.15, -0.1) is 0 Å². The van der Waals surface area contributed by atoms with Crippen molar-refractivity contribution in [3.8, 4) is 11.5 Å². The molecule has 1 saturated heterocycles. The number of rotatable bonds is 5.